The smallest absolute Gasteiger partial charge is 0.224 e. The Morgan fingerprint density at radius 2 is 2.27 bits per heavy atom. The summed E-state index contributed by atoms with van der Waals surface area (Å²) in [6.45, 7) is 2.25. The third-order valence-corrected chi connectivity index (χ3v) is 2.07. The van der Waals surface area contributed by atoms with E-state index in [9.17, 15) is 9.18 Å². The zero-order chi connectivity index (χ0) is 11.3. The van der Waals surface area contributed by atoms with Crippen LogP contribution in [-0.4, -0.2) is 12.5 Å². The number of halogens is 1. The Balaban J connectivity index is 2.60. The van der Waals surface area contributed by atoms with Crippen molar-refractivity contribution in [2.24, 2.45) is 5.73 Å². The van der Waals surface area contributed by atoms with Gasteiger partial charge in [-0.05, 0) is 43.7 Å². The molecule has 0 radical (unpaired) electrons. The first-order valence-corrected chi connectivity index (χ1v) is 4.89. The Labute approximate surface area is 88.5 Å². The average molecular weight is 210 g/mol. The van der Waals surface area contributed by atoms with Crippen molar-refractivity contribution in [1.29, 1.82) is 0 Å². The molecule has 1 aromatic rings. The normalized spacial score (nSPS) is 10.1. The summed E-state index contributed by atoms with van der Waals surface area (Å²) in [6, 6.07) is 4.27. The van der Waals surface area contributed by atoms with Gasteiger partial charge >= 0.3 is 0 Å². The zero-order valence-corrected chi connectivity index (χ0v) is 8.72. The van der Waals surface area contributed by atoms with E-state index >= 15 is 0 Å². The lowest BCUT2D eigenvalue weighted by molar-refractivity contribution is -0.116. The van der Waals surface area contributed by atoms with Crippen LogP contribution in [0.4, 0.5) is 10.1 Å². The van der Waals surface area contributed by atoms with E-state index in [2.05, 4.69) is 5.32 Å². The number of rotatable bonds is 4. The van der Waals surface area contributed by atoms with Crippen LogP contribution in [0.25, 0.3) is 0 Å². The van der Waals surface area contributed by atoms with E-state index in [4.69, 9.17) is 5.73 Å². The first kappa shape index (κ1) is 11.7. The maximum atomic E-state index is 12.8. The maximum absolute atomic E-state index is 12.8. The van der Waals surface area contributed by atoms with Gasteiger partial charge < -0.3 is 11.1 Å². The van der Waals surface area contributed by atoms with E-state index in [1.165, 1.54) is 12.1 Å². The van der Waals surface area contributed by atoms with Gasteiger partial charge in [0, 0.05) is 12.1 Å². The SMILES string of the molecule is Cc1cc(F)ccc1NC(=O)CCCN. The minimum atomic E-state index is -0.299. The van der Waals surface area contributed by atoms with Gasteiger partial charge in [0.1, 0.15) is 5.82 Å². The lowest BCUT2D eigenvalue weighted by atomic mass is 10.2. The van der Waals surface area contributed by atoms with E-state index in [0.29, 0.717) is 25.1 Å². The number of aryl methyl sites for hydroxylation is 1. The Hall–Kier alpha value is -1.42. The molecule has 0 saturated heterocycles. The summed E-state index contributed by atoms with van der Waals surface area (Å²) in [7, 11) is 0. The number of nitrogens with one attached hydrogen (secondary N) is 1. The molecular weight excluding hydrogens is 195 g/mol. The minimum Gasteiger partial charge on any atom is -0.330 e. The topological polar surface area (TPSA) is 55.1 Å². The summed E-state index contributed by atoms with van der Waals surface area (Å²) in [5, 5.41) is 2.71. The molecule has 1 aromatic carbocycles. The highest BCUT2D eigenvalue weighted by molar-refractivity contribution is 5.91. The van der Waals surface area contributed by atoms with Gasteiger partial charge in [0.2, 0.25) is 5.91 Å². The van der Waals surface area contributed by atoms with Crippen LogP contribution in [0.5, 0.6) is 0 Å². The number of hydrogen-bond acceptors (Lipinski definition) is 2. The van der Waals surface area contributed by atoms with E-state index < -0.39 is 0 Å². The van der Waals surface area contributed by atoms with Crippen molar-refractivity contribution in [2.45, 2.75) is 19.8 Å². The Bertz CT molecular complexity index is 352. The fourth-order valence-corrected chi connectivity index (χ4v) is 1.24. The van der Waals surface area contributed by atoms with Gasteiger partial charge in [0.25, 0.3) is 0 Å². The van der Waals surface area contributed by atoms with E-state index in [-0.39, 0.29) is 11.7 Å². The molecule has 3 nitrogen and oxygen atoms in total. The molecule has 0 bridgehead atoms. The number of hydrogen-bond donors (Lipinski definition) is 2. The van der Waals surface area contributed by atoms with Gasteiger partial charge in [0.05, 0.1) is 0 Å². The number of amides is 1. The molecule has 0 aliphatic carbocycles. The molecule has 0 aromatic heterocycles. The van der Waals surface area contributed by atoms with Crippen LogP contribution in [0.1, 0.15) is 18.4 Å². The van der Waals surface area contributed by atoms with Crippen molar-refractivity contribution in [3.8, 4) is 0 Å². The molecule has 0 saturated carbocycles. The van der Waals surface area contributed by atoms with E-state index in [0.717, 1.165) is 5.56 Å². The molecular formula is C11H15FN2O. The number of nitrogens with two attached hydrogens (primary N) is 1. The van der Waals surface area contributed by atoms with Gasteiger partial charge in [-0.2, -0.15) is 0 Å². The summed E-state index contributed by atoms with van der Waals surface area (Å²) >= 11 is 0. The summed E-state index contributed by atoms with van der Waals surface area (Å²) in [4.78, 5) is 11.3. The highest BCUT2D eigenvalue weighted by atomic mass is 19.1. The standard InChI is InChI=1S/C11H15FN2O/c1-8-7-9(12)4-5-10(8)14-11(15)3-2-6-13/h4-5,7H,2-3,6,13H2,1H3,(H,14,15). The minimum absolute atomic E-state index is 0.0878. The van der Waals surface area contributed by atoms with Crippen molar-refractivity contribution in [3.05, 3.63) is 29.6 Å². The van der Waals surface area contributed by atoms with Crippen LogP contribution in [0.15, 0.2) is 18.2 Å². The van der Waals surface area contributed by atoms with Crippen LogP contribution >= 0.6 is 0 Å². The van der Waals surface area contributed by atoms with Crippen molar-refractivity contribution < 1.29 is 9.18 Å². The second-order valence-electron chi connectivity index (χ2n) is 3.40. The van der Waals surface area contributed by atoms with Crippen molar-refractivity contribution in [1.82, 2.24) is 0 Å². The summed E-state index contributed by atoms with van der Waals surface area (Å²) in [5.74, 6) is -0.386. The molecule has 15 heavy (non-hydrogen) atoms. The molecule has 0 atom stereocenters. The third kappa shape index (κ3) is 3.67. The van der Waals surface area contributed by atoms with Crippen LogP contribution in [0.3, 0.4) is 0 Å². The first-order valence-electron chi connectivity index (χ1n) is 4.89. The number of carbonyl (C=O) groups is 1. The van der Waals surface area contributed by atoms with Crippen LogP contribution in [-0.2, 0) is 4.79 Å². The second-order valence-corrected chi connectivity index (χ2v) is 3.40. The number of carbonyl (C=O) groups excluding carboxylic acids is 1. The molecule has 0 unspecified atom stereocenters. The second kappa shape index (κ2) is 5.46. The summed E-state index contributed by atoms with van der Waals surface area (Å²) < 4.78 is 12.8. The Kier molecular flexibility index (Phi) is 4.24. The lowest BCUT2D eigenvalue weighted by Gasteiger charge is -2.07. The van der Waals surface area contributed by atoms with Crippen molar-refractivity contribution in [2.75, 3.05) is 11.9 Å². The third-order valence-electron chi connectivity index (χ3n) is 2.07. The molecule has 0 aliphatic heterocycles. The van der Waals surface area contributed by atoms with E-state index in [1.807, 2.05) is 0 Å². The Morgan fingerprint density at radius 1 is 1.53 bits per heavy atom. The number of benzene rings is 1. The van der Waals surface area contributed by atoms with Gasteiger partial charge in [-0.15, -0.1) is 0 Å². The summed E-state index contributed by atoms with van der Waals surface area (Å²) in [6.07, 6.45) is 1.05. The molecule has 1 rings (SSSR count). The Morgan fingerprint density at radius 3 is 2.87 bits per heavy atom. The molecule has 1 amide bonds. The lowest BCUT2D eigenvalue weighted by Crippen LogP contribution is -2.14. The molecule has 3 N–H and O–H groups in total. The van der Waals surface area contributed by atoms with Crippen LogP contribution < -0.4 is 11.1 Å². The largest absolute Gasteiger partial charge is 0.330 e. The van der Waals surface area contributed by atoms with Gasteiger partial charge in [-0.3, -0.25) is 4.79 Å². The highest BCUT2D eigenvalue weighted by Crippen LogP contribution is 2.15. The van der Waals surface area contributed by atoms with Gasteiger partial charge in [-0.25, -0.2) is 4.39 Å². The fraction of sp³-hybridized carbons (Fsp3) is 0.364. The van der Waals surface area contributed by atoms with Crippen molar-refractivity contribution >= 4 is 11.6 Å². The predicted octanol–water partition coefficient (Wildman–Crippen LogP) is 1.81. The fourth-order valence-electron chi connectivity index (χ4n) is 1.24. The summed E-state index contributed by atoms with van der Waals surface area (Å²) in [5.41, 5.74) is 6.66. The average Bonchev–Trinajstić information content (AvgIpc) is 2.19. The number of anilines is 1. The van der Waals surface area contributed by atoms with Gasteiger partial charge in [0.15, 0.2) is 0 Å². The van der Waals surface area contributed by atoms with Crippen LogP contribution in [0.2, 0.25) is 0 Å². The molecule has 0 spiro atoms. The molecule has 0 heterocycles. The highest BCUT2D eigenvalue weighted by Gasteiger charge is 2.04. The molecule has 82 valence electrons. The van der Waals surface area contributed by atoms with E-state index in [1.54, 1.807) is 13.0 Å². The maximum Gasteiger partial charge on any atom is 0.224 e. The first-order chi connectivity index (χ1) is 7.13. The van der Waals surface area contributed by atoms with Crippen molar-refractivity contribution in [3.63, 3.8) is 0 Å². The predicted molar refractivity (Wildman–Crippen MR) is 58.1 cm³/mol. The molecule has 4 heteroatoms. The molecule has 0 fully saturated rings. The van der Waals surface area contributed by atoms with Crippen LogP contribution in [0, 0.1) is 12.7 Å². The van der Waals surface area contributed by atoms with Gasteiger partial charge in [-0.1, -0.05) is 0 Å². The molecule has 0 aliphatic rings. The quantitative estimate of drug-likeness (QED) is 0.796. The monoisotopic (exact) mass is 210 g/mol. The zero-order valence-electron chi connectivity index (χ0n) is 8.72.